The molecule has 2 aromatic rings. The lowest BCUT2D eigenvalue weighted by Gasteiger charge is -2.11. The second kappa shape index (κ2) is 7.10. The lowest BCUT2D eigenvalue weighted by Crippen LogP contribution is -2.17. The maximum absolute atomic E-state index is 12.6. The van der Waals surface area contributed by atoms with E-state index in [0.717, 1.165) is 12.1 Å². The molecular formula is C15H18F3N3O2. The Bertz CT molecular complexity index is 638. The van der Waals surface area contributed by atoms with Gasteiger partial charge in [-0.3, -0.25) is 0 Å². The van der Waals surface area contributed by atoms with Gasteiger partial charge in [0.2, 0.25) is 0 Å². The summed E-state index contributed by atoms with van der Waals surface area (Å²) in [7, 11) is 1.50. The van der Waals surface area contributed by atoms with Crippen LogP contribution in [0.5, 0.6) is 0 Å². The summed E-state index contributed by atoms with van der Waals surface area (Å²) in [4.78, 5) is 4.28. The van der Waals surface area contributed by atoms with E-state index < -0.39 is 17.8 Å². The van der Waals surface area contributed by atoms with Crippen molar-refractivity contribution in [3.63, 3.8) is 0 Å². The van der Waals surface area contributed by atoms with Crippen LogP contribution in [0.2, 0.25) is 0 Å². The summed E-state index contributed by atoms with van der Waals surface area (Å²) in [5, 5.41) is 14.0. The van der Waals surface area contributed by atoms with E-state index in [-0.39, 0.29) is 13.2 Å². The van der Waals surface area contributed by atoms with E-state index in [1.807, 2.05) is 6.92 Å². The Morgan fingerprint density at radius 3 is 2.43 bits per heavy atom. The van der Waals surface area contributed by atoms with E-state index in [9.17, 15) is 18.3 Å². The minimum atomic E-state index is -4.38. The fraction of sp³-hybridized carbons (Fsp3) is 0.467. The van der Waals surface area contributed by atoms with Crippen molar-refractivity contribution in [2.75, 3.05) is 7.11 Å². The van der Waals surface area contributed by atoms with Gasteiger partial charge in [-0.05, 0) is 18.6 Å². The summed E-state index contributed by atoms with van der Waals surface area (Å²) < 4.78 is 44.4. The van der Waals surface area contributed by atoms with Gasteiger partial charge in [-0.1, -0.05) is 19.1 Å². The molecule has 0 aliphatic rings. The van der Waals surface area contributed by atoms with Crippen molar-refractivity contribution in [3.05, 3.63) is 35.7 Å². The minimum Gasteiger partial charge on any atom is -0.391 e. The summed E-state index contributed by atoms with van der Waals surface area (Å²) in [5.74, 6) is 0.809. The van der Waals surface area contributed by atoms with Gasteiger partial charge in [-0.15, -0.1) is 0 Å². The molecule has 0 saturated heterocycles. The average molecular weight is 329 g/mol. The molecule has 126 valence electrons. The third kappa shape index (κ3) is 4.29. The van der Waals surface area contributed by atoms with Gasteiger partial charge in [-0.2, -0.15) is 18.3 Å². The fourth-order valence-corrected chi connectivity index (χ4v) is 2.06. The van der Waals surface area contributed by atoms with Crippen molar-refractivity contribution >= 4 is 0 Å². The van der Waals surface area contributed by atoms with Crippen LogP contribution in [0.3, 0.4) is 0 Å². The summed E-state index contributed by atoms with van der Waals surface area (Å²) in [6.45, 7) is 2.22. The number of ether oxygens (including phenoxy) is 1. The molecule has 0 fully saturated rings. The fourth-order valence-electron chi connectivity index (χ4n) is 2.06. The Balaban J connectivity index is 2.36. The van der Waals surface area contributed by atoms with Crippen LogP contribution in [0.15, 0.2) is 24.3 Å². The first kappa shape index (κ1) is 17.4. The van der Waals surface area contributed by atoms with Crippen molar-refractivity contribution in [3.8, 4) is 11.4 Å². The number of hydrogen-bond donors (Lipinski definition) is 1. The highest BCUT2D eigenvalue weighted by molar-refractivity contribution is 5.56. The average Bonchev–Trinajstić information content (AvgIpc) is 2.89. The van der Waals surface area contributed by atoms with Gasteiger partial charge in [0, 0.05) is 12.7 Å². The van der Waals surface area contributed by atoms with Crippen LogP contribution in [0.25, 0.3) is 11.4 Å². The first-order valence-electron chi connectivity index (χ1n) is 7.13. The highest BCUT2D eigenvalue weighted by Gasteiger charge is 2.30. The number of halogens is 3. The van der Waals surface area contributed by atoms with E-state index in [1.165, 1.54) is 23.9 Å². The smallest absolute Gasteiger partial charge is 0.391 e. The molecule has 1 N–H and O–H groups in total. The zero-order valence-corrected chi connectivity index (χ0v) is 12.8. The number of nitrogens with zero attached hydrogens (tertiary/aromatic N) is 3. The number of alkyl halides is 3. The van der Waals surface area contributed by atoms with Crippen molar-refractivity contribution < 1.29 is 23.0 Å². The lowest BCUT2D eigenvalue weighted by atomic mass is 10.1. The lowest BCUT2D eigenvalue weighted by molar-refractivity contribution is -0.137. The molecule has 23 heavy (non-hydrogen) atoms. The van der Waals surface area contributed by atoms with Crippen LogP contribution in [0.1, 0.15) is 24.7 Å². The number of hydrogen-bond acceptors (Lipinski definition) is 4. The number of benzene rings is 1. The first-order chi connectivity index (χ1) is 10.8. The van der Waals surface area contributed by atoms with Gasteiger partial charge in [0.25, 0.3) is 0 Å². The molecule has 1 atom stereocenters. The van der Waals surface area contributed by atoms with Crippen molar-refractivity contribution in [2.24, 2.45) is 0 Å². The Morgan fingerprint density at radius 2 is 1.91 bits per heavy atom. The van der Waals surface area contributed by atoms with Crippen LogP contribution >= 0.6 is 0 Å². The molecule has 0 unspecified atom stereocenters. The maximum Gasteiger partial charge on any atom is 0.416 e. The molecule has 2 rings (SSSR count). The summed E-state index contributed by atoms with van der Waals surface area (Å²) in [6, 6.07) is 4.69. The van der Waals surface area contributed by atoms with Gasteiger partial charge in [0.1, 0.15) is 6.61 Å². The number of methoxy groups -OCH3 is 1. The van der Waals surface area contributed by atoms with Crippen molar-refractivity contribution in [1.29, 1.82) is 0 Å². The normalized spacial score (nSPS) is 13.3. The molecule has 8 heteroatoms. The second-order valence-electron chi connectivity index (χ2n) is 5.10. The third-order valence-corrected chi connectivity index (χ3v) is 3.31. The molecule has 1 heterocycles. The van der Waals surface area contributed by atoms with Crippen molar-refractivity contribution in [1.82, 2.24) is 14.8 Å². The Hall–Kier alpha value is -1.93. The van der Waals surface area contributed by atoms with E-state index in [4.69, 9.17) is 4.74 Å². The SMILES string of the molecule is CC[C@H](O)Cn1nc(COC)nc1-c1ccc(C(F)(F)F)cc1. The number of rotatable bonds is 6. The van der Waals surface area contributed by atoms with E-state index in [1.54, 1.807) is 0 Å². The Labute approximate surface area is 131 Å². The predicted octanol–water partition coefficient (Wildman–Crippen LogP) is 2.88. The quantitative estimate of drug-likeness (QED) is 0.885. The Kier molecular flexibility index (Phi) is 5.38. The number of aliphatic hydroxyl groups excluding tert-OH is 1. The molecule has 0 radical (unpaired) electrons. The molecule has 0 saturated carbocycles. The Morgan fingerprint density at radius 1 is 1.26 bits per heavy atom. The van der Waals surface area contributed by atoms with E-state index in [2.05, 4.69) is 10.1 Å². The molecular weight excluding hydrogens is 311 g/mol. The molecule has 0 aliphatic heterocycles. The van der Waals surface area contributed by atoms with E-state index in [0.29, 0.717) is 23.6 Å². The molecule has 0 amide bonds. The number of aromatic nitrogens is 3. The van der Waals surface area contributed by atoms with Crippen LogP contribution in [-0.4, -0.2) is 33.1 Å². The zero-order valence-electron chi connectivity index (χ0n) is 12.8. The topological polar surface area (TPSA) is 60.2 Å². The standard InChI is InChI=1S/C15H18F3N3O2/c1-3-12(22)8-21-14(19-13(20-21)9-23-2)10-4-6-11(7-5-10)15(16,17)18/h4-7,12,22H,3,8-9H2,1-2H3/t12-/m0/s1. The highest BCUT2D eigenvalue weighted by Crippen LogP contribution is 2.30. The second-order valence-corrected chi connectivity index (χ2v) is 5.10. The van der Waals surface area contributed by atoms with Gasteiger partial charge in [0.15, 0.2) is 11.6 Å². The monoisotopic (exact) mass is 329 g/mol. The zero-order chi connectivity index (χ0) is 17.0. The first-order valence-corrected chi connectivity index (χ1v) is 7.13. The van der Waals surface area contributed by atoms with Gasteiger partial charge in [0.05, 0.1) is 18.2 Å². The van der Waals surface area contributed by atoms with Crippen LogP contribution in [0, 0.1) is 0 Å². The highest BCUT2D eigenvalue weighted by atomic mass is 19.4. The molecule has 1 aromatic carbocycles. The van der Waals surface area contributed by atoms with Crippen molar-refractivity contribution in [2.45, 2.75) is 38.8 Å². The summed E-state index contributed by atoms with van der Waals surface area (Å²) >= 11 is 0. The largest absolute Gasteiger partial charge is 0.416 e. The van der Waals surface area contributed by atoms with Gasteiger partial charge < -0.3 is 9.84 Å². The molecule has 5 nitrogen and oxygen atoms in total. The van der Waals surface area contributed by atoms with Crippen LogP contribution in [0.4, 0.5) is 13.2 Å². The summed E-state index contributed by atoms with van der Waals surface area (Å²) in [6.07, 6.45) is -4.46. The van der Waals surface area contributed by atoms with Crippen LogP contribution < -0.4 is 0 Å². The number of aliphatic hydroxyl groups is 1. The van der Waals surface area contributed by atoms with Gasteiger partial charge >= 0.3 is 6.18 Å². The van der Waals surface area contributed by atoms with Crippen LogP contribution in [-0.2, 0) is 24.1 Å². The molecule has 0 bridgehead atoms. The van der Waals surface area contributed by atoms with E-state index >= 15 is 0 Å². The third-order valence-electron chi connectivity index (χ3n) is 3.31. The molecule has 0 spiro atoms. The summed E-state index contributed by atoms with van der Waals surface area (Å²) in [5.41, 5.74) is -0.228. The minimum absolute atomic E-state index is 0.183. The van der Waals surface area contributed by atoms with Gasteiger partial charge in [-0.25, -0.2) is 9.67 Å². The molecule has 0 aliphatic carbocycles. The predicted molar refractivity (Wildman–Crippen MR) is 77.5 cm³/mol. The maximum atomic E-state index is 12.6. The molecule has 1 aromatic heterocycles.